The Morgan fingerprint density at radius 1 is 1.00 bits per heavy atom. The van der Waals surface area contributed by atoms with Gasteiger partial charge in [0.15, 0.2) is 0 Å². The van der Waals surface area contributed by atoms with Gasteiger partial charge in [0.25, 0.3) is 0 Å². The van der Waals surface area contributed by atoms with Crippen molar-refractivity contribution in [2.45, 2.75) is 13.8 Å². The lowest BCUT2D eigenvalue weighted by Gasteiger charge is -2.02. The second kappa shape index (κ2) is 4.39. The highest BCUT2D eigenvalue weighted by Crippen LogP contribution is 2.31. The van der Waals surface area contributed by atoms with Crippen LogP contribution in [0.1, 0.15) is 21.5 Å². The fourth-order valence-electron chi connectivity index (χ4n) is 2.38. The number of hydrogen-bond acceptors (Lipinski definition) is 2. The fourth-order valence-corrected chi connectivity index (χ4v) is 2.38. The average molecular weight is 250 g/mol. The van der Waals surface area contributed by atoms with Crippen LogP contribution >= 0.6 is 0 Å². The highest BCUT2D eigenvalue weighted by Gasteiger charge is 2.10. The first-order chi connectivity index (χ1) is 9.19. The van der Waals surface area contributed by atoms with Crippen molar-refractivity contribution >= 4 is 17.3 Å². The van der Waals surface area contributed by atoms with E-state index in [1.807, 2.05) is 56.3 Å². The van der Waals surface area contributed by atoms with Gasteiger partial charge in [-0.2, -0.15) is 0 Å². The molecule has 1 aromatic heterocycles. The lowest BCUT2D eigenvalue weighted by atomic mass is 10.0. The van der Waals surface area contributed by atoms with Gasteiger partial charge in [-0.3, -0.25) is 4.79 Å². The van der Waals surface area contributed by atoms with Gasteiger partial charge in [0, 0.05) is 16.5 Å². The highest BCUT2D eigenvalue weighted by molar-refractivity contribution is 5.86. The summed E-state index contributed by atoms with van der Waals surface area (Å²) in [7, 11) is 0. The number of para-hydroxylation sites is 1. The van der Waals surface area contributed by atoms with Gasteiger partial charge in [-0.25, -0.2) is 0 Å². The zero-order chi connectivity index (χ0) is 13.4. The number of carbonyl (C=O) groups excluding carboxylic acids is 1. The molecule has 1 heterocycles. The molecule has 2 heteroatoms. The van der Waals surface area contributed by atoms with Gasteiger partial charge < -0.3 is 4.42 Å². The van der Waals surface area contributed by atoms with Gasteiger partial charge >= 0.3 is 0 Å². The van der Waals surface area contributed by atoms with E-state index in [9.17, 15) is 4.79 Å². The first kappa shape index (κ1) is 11.7. The van der Waals surface area contributed by atoms with Crippen molar-refractivity contribution in [3.8, 4) is 11.3 Å². The molecular weight excluding hydrogens is 236 g/mol. The van der Waals surface area contributed by atoms with E-state index < -0.39 is 0 Å². The van der Waals surface area contributed by atoms with Crippen molar-refractivity contribution in [1.82, 2.24) is 0 Å². The van der Waals surface area contributed by atoms with Crippen LogP contribution in [-0.4, -0.2) is 6.29 Å². The normalized spacial score (nSPS) is 10.8. The predicted molar refractivity (Wildman–Crippen MR) is 76.5 cm³/mol. The van der Waals surface area contributed by atoms with Crippen molar-refractivity contribution in [3.05, 3.63) is 59.2 Å². The van der Waals surface area contributed by atoms with Crippen LogP contribution in [0.25, 0.3) is 22.3 Å². The van der Waals surface area contributed by atoms with E-state index in [2.05, 4.69) is 0 Å². The molecule has 0 saturated heterocycles. The first-order valence-electron chi connectivity index (χ1n) is 6.24. The van der Waals surface area contributed by atoms with Gasteiger partial charge in [-0.15, -0.1) is 0 Å². The SMILES string of the molecule is Cc1cc(C=O)ccc1-c1cc2cccc(C)c2o1. The topological polar surface area (TPSA) is 30.2 Å². The Kier molecular flexibility index (Phi) is 2.71. The molecule has 0 radical (unpaired) electrons. The van der Waals surface area contributed by atoms with Crippen LogP contribution in [0, 0.1) is 13.8 Å². The van der Waals surface area contributed by atoms with Crippen LogP contribution < -0.4 is 0 Å². The standard InChI is InChI=1S/C17H14O2/c1-11-4-3-5-14-9-16(19-17(11)14)15-7-6-13(10-18)8-12(15)2/h3-10H,1-2H3. The Labute approximate surface area is 111 Å². The number of hydrogen-bond donors (Lipinski definition) is 0. The van der Waals surface area contributed by atoms with Crippen molar-refractivity contribution in [2.24, 2.45) is 0 Å². The lowest BCUT2D eigenvalue weighted by Crippen LogP contribution is -1.85. The van der Waals surface area contributed by atoms with Crippen molar-refractivity contribution < 1.29 is 9.21 Å². The van der Waals surface area contributed by atoms with E-state index >= 15 is 0 Å². The van der Waals surface area contributed by atoms with Gasteiger partial charge in [0.2, 0.25) is 0 Å². The summed E-state index contributed by atoms with van der Waals surface area (Å²) in [5.74, 6) is 0.847. The molecule has 0 bridgehead atoms. The number of carbonyl (C=O) groups is 1. The molecule has 2 aromatic carbocycles. The van der Waals surface area contributed by atoms with E-state index in [0.717, 1.165) is 39.7 Å². The van der Waals surface area contributed by atoms with E-state index in [1.54, 1.807) is 0 Å². The molecule has 0 N–H and O–H groups in total. The second-order valence-corrected chi connectivity index (χ2v) is 4.80. The Morgan fingerprint density at radius 2 is 1.84 bits per heavy atom. The number of furan rings is 1. The molecule has 0 atom stereocenters. The summed E-state index contributed by atoms with van der Waals surface area (Å²) >= 11 is 0. The minimum absolute atomic E-state index is 0.688. The minimum Gasteiger partial charge on any atom is -0.456 e. The van der Waals surface area contributed by atoms with E-state index in [0.29, 0.717) is 5.56 Å². The zero-order valence-electron chi connectivity index (χ0n) is 10.9. The lowest BCUT2D eigenvalue weighted by molar-refractivity contribution is 0.112. The monoisotopic (exact) mass is 250 g/mol. The molecule has 3 aromatic rings. The Hall–Kier alpha value is -2.35. The Bertz CT molecular complexity index is 766. The van der Waals surface area contributed by atoms with Crippen LogP contribution in [0.5, 0.6) is 0 Å². The molecule has 0 spiro atoms. The number of benzene rings is 2. The maximum absolute atomic E-state index is 10.8. The molecular formula is C17H14O2. The average Bonchev–Trinajstić information content (AvgIpc) is 2.83. The summed E-state index contributed by atoms with van der Waals surface area (Å²) in [4.78, 5) is 10.8. The summed E-state index contributed by atoms with van der Waals surface area (Å²) in [5, 5.41) is 1.11. The number of aldehydes is 1. The number of fused-ring (bicyclic) bond motifs is 1. The zero-order valence-corrected chi connectivity index (χ0v) is 10.9. The van der Waals surface area contributed by atoms with Crippen LogP contribution in [0.4, 0.5) is 0 Å². The molecule has 0 unspecified atom stereocenters. The number of rotatable bonds is 2. The van der Waals surface area contributed by atoms with Crippen molar-refractivity contribution in [3.63, 3.8) is 0 Å². The molecule has 3 rings (SSSR count). The van der Waals surface area contributed by atoms with Crippen molar-refractivity contribution in [1.29, 1.82) is 0 Å². The van der Waals surface area contributed by atoms with E-state index in [-0.39, 0.29) is 0 Å². The van der Waals surface area contributed by atoms with Crippen LogP contribution in [0.3, 0.4) is 0 Å². The Morgan fingerprint density at radius 3 is 2.53 bits per heavy atom. The maximum Gasteiger partial charge on any atom is 0.150 e. The third-order valence-electron chi connectivity index (χ3n) is 3.39. The highest BCUT2D eigenvalue weighted by atomic mass is 16.3. The van der Waals surface area contributed by atoms with Gasteiger partial charge in [0.05, 0.1) is 0 Å². The third-order valence-corrected chi connectivity index (χ3v) is 3.39. The molecule has 0 saturated carbocycles. The number of aryl methyl sites for hydroxylation is 2. The molecule has 0 amide bonds. The molecule has 0 aliphatic carbocycles. The predicted octanol–water partition coefficient (Wildman–Crippen LogP) is 4.53. The van der Waals surface area contributed by atoms with Crippen LogP contribution in [-0.2, 0) is 0 Å². The smallest absolute Gasteiger partial charge is 0.150 e. The summed E-state index contributed by atoms with van der Waals surface area (Å²) in [6, 6.07) is 13.8. The third kappa shape index (κ3) is 1.95. The molecule has 0 fully saturated rings. The Balaban J connectivity index is 2.19. The van der Waals surface area contributed by atoms with E-state index in [1.165, 1.54) is 0 Å². The van der Waals surface area contributed by atoms with Gasteiger partial charge in [-0.05, 0) is 37.1 Å². The summed E-state index contributed by atoms with van der Waals surface area (Å²) in [5.41, 5.74) is 4.82. The van der Waals surface area contributed by atoms with Gasteiger partial charge in [-0.1, -0.05) is 30.3 Å². The molecule has 19 heavy (non-hydrogen) atoms. The second-order valence-electron chi connectivity index (χ2n) is 4.80. The summed E-state index contributed by atoms with van der Waals surface area (Å²) in [6.45, 7) is 4.03. The van der Waals surface area contributed by atoms with Crippen LogP contribution in [0.15, 0.2) is 46.9 Å². The largest absolute Gasteiger partial charge is 0.456 e. The van der Waals surface area contributed by atoms with E-state index in [4.69, 9.17) is 4.42 Å². The molecule has 2 nitrogen and oxygen atoms in total. The minimum atomic E-state index is 0.688. The maximum atomic E-state index is 10.8. The van der Waals surface area contributed by atoms with Crippen molar-refractivity contribution in [2.75, 3.05) is 0 Å². The fraction of sp³-hybridized carbons (Fsp3) is 0.118. The molecule has 94 valence electrons. The first-order valence-corrected chi connectivity index (χ1v) is 6.24. The summed E-state index contributed by atoms with van der Waals surface area (Å²) < 4.78 is 5.95. The quantitative estimate of drug-likeness (QED) is 0.625. The van der Waals surface area contributed by atoms with Crippen LogP contribution in [0.2, 0.25) is 0 Å². The molecule has 0 aliphatic rings. The summed E-state index contributed by atoms with van der Waals surface area (Å²) in [6.07, 6.45) is 0.861. The molecule has 0 aliphatic heterocycles. The van der Waals surface area contributed by atoms with Gasteiger partial charge in [0.1, 0.15) is 17.6 Å².